The molecule has 0 bridgehead atoms. The molecule has 0 aliphatic carbocycles. The highest BCUT2D eigenvalue weighted by molar-refractivity contribution is 7.89. The quantitative estimate of drug-likeness (QED) is 0.713. The van der Waals surface area contributed by atoms with Gasteiger partial charge in [-0.3, -0.25) is 4.90 Å². The highest BCUT2D eigenvalue weighted by atomic mass is 32.2. The van der Waals surface area contributed by atoms with Gasteiger partial charge in [0.2, 0.25) is 10.0 Å². The lowest BCUT2D eigenvalue weighted by Crippen LogP contribution is -2.44. The number of alkyl halides is 3. The summed E-state index contributed by atoms with van der Waals surface area (Å²) in [5, 5.41) is 0. The minimum atomic E-state index is -4.81. The van der Waals surface area contributed by atoms with Crippen LogP contribution in [0.4, 0.5) is 17.6 Å². The number of sulfonamides is 1. The van der Waals surface area contributed by atoms with Crippen molar-refractivity contribution in [3.63, 3.8) is 0 Å². The molecule has 0 aromatic heterocycles. The molecule has 0 radical (unpaired) electrons. The van der Waals surface area contributed by atoms with Gasteiger partial charge in [0.15, 0.2) is 0 Å². The van der Waals surface area contributed by atoms with E-state index in [1.54, 1.807) is 6.07 Å². The molecule has 0 spiro atoms. The molecule has 29 heavy (non-hydrogen) atoms. The van der Waals surface area contributed by atoms with E-state index in [0.717, 1.165) is 18.2 Å². The Morgan fingerprint density at radius 3 is 2.41 bits per heavy atom. The van der Waals surface area contributed by atoms with E-state index in [2.05, 4.69) is 4.72 Å². The number of benzene rings is 2. The Bertz CT molecular complexity index is 944. The molecule has 1 saturated heterocycles. The van der Waals surface area contributed by atoms with E-state index in [0.29, 0.717) is 31.9 Å². The largest absolute Gasteiger partial charge is 0.417 e. The van der Waals surface area contributed by atoms with Crippen LogP contribution in [-0.4, -0.2) is 46.2 Å². The molecular weight excluding hydrogens is 412 g/mol. The van der Waals surface area contributed by atoms with Crippen LogP contribution < -0.4 is 4.72 Å². The standard InChI is InChI=1S/C19H20F4N2O3S/c20-15-5-3-4-14(12-15)17(25-8-10-28-11-9-25)13-24-29(26,27)18-7-2-1-6-16(18)19(21,22)23/h1-7,12,17,24H,8-11,13H2. The van der Waals surface area contributed by atoms with Gasteiger partial charge in [-0.25, -0.2) is 17.5 Å². The molecule has 1 atom stereocenters. The highest BCUT2D eigenvalue weighted by Crippen LogP contribution is 2.34. The molecule has 0 saturated carbocycles. The third-order valence-electron chi connectivity index (χ3n) is 4.67. The fraction of sp³-hybridized carbons (Fsp3) is 0.368. The van der Waals surface area contributed by atoms with E-state index >= 15 is 0 Å². The molecular formula is C19H20F4N2O3S. The van der Waals surface area contributed by atoms with Crippen LogP contribution in [0.3, 0.4) is 0 Å². The first kappa shape index (κ1) is 21.7. The fourth-order valence-corrected chi connectivity index (χ4v) is 4.53. The number of hydrogen-bond donors (Lipinski definition) is 1. The first-order valence-corrected chi connectivity index (χ1v) is 10.4. The summed E-state index contributed by atoms with van der Waals surface area (Å²) in [6.45, 7) is 1.62. The summed E-state index contributed by atoms with van der Waals surface area (Å²) in [6.07, 6.45) is -4.81. The highest BCUT2D eigenvalue weighted by Gasteiger charge is 2.37. The van der Waals surface area contributed by atoms with Gasteiger partial charge in [-0.15, -0.1) is 0 Å². The maximum absolute atomic E-state index is 13.7. The smallest absolute Gasteiger partial charge is 0.379 e. The predicted molar refractivity (Wildman–Crippen MR) is 98.2 cm³/mol. The fourth-order valence-electron chi connectivity index (χ4n) is 3.26. The normalized spacial score (nSPS) is 17.2. The maximum atomic E-state index is 13.7. The zero-order chi connectivity index (χ0) is 21.1. The van der Waals surface area contributed by atoms with Crippen molar-refractivity contribution >= 4 is 10.0 Å². The van der Waals surface area contributed by atoms with E-state index in [1.807, 2.05) is 4.90 Å². The molecule has 2 aromatic rings. The van der Waals surface area contributed by atoms with Crippen molar-refractivity contribution in [2.75, 3.05) is 32.8 Å². The predicted octanol–water partition coefficient (Wildman–Crippen LogP) is 3.20. The Morgan fingerprint density at radius 1 is 1.07 bits per heavy atom. The van der Waals surface area contributed by atoms with Gasteiger partial charge < -0.3 is 4.74 Å². The number of hydrogen-bond acceptors (Lipinski definition) is 4. The van der Waals surface area contributed by atoms with Gasteiger partial charge in [-0.05, 0) is 29.8 Å². The van der Waals surface area contributed by atoms with Gasteiger partial charge in [0, 0.05) is 25.7 Å². The molecule has 5 nitrogen and oxygen atoms in total. The summed E-state index contributed by atoms with van der Waals surface area (Å²) in [5.74, 6) is -0.481. The lowest BCUT2D eigenvalue weighted by atomic mass is 10.0. The monoisotopic (exact) mass is 432 g/mol. The van der Waals surface area contributed by atoms with E-state index in [4.69, 9.17) is 4.74 Å². The van der Waals surface area contributed by atoms with Crippen molar-refractivity contribution in [3.05, 3.63) is 65.5 Å². The molecule has 1 aliphatic rings. The van der Waals surface area contributed by atoms with E-state index in [-0.39, 0.29) is 6.54 Å². The summed E-state index contributed by atoms with van der Waals surface area (Å²) in [7, 11) is -4.45. The molecule has 0 amide bonds. The average molecular weight is 432 g/mol. The minimum Gasteiger partial charge on any atom is -0.379 e. The third-order valence-corrected chi connectivity index (χ3v) is 6.15. The molecule has 1 fully saturated rings. The number of rotatable bonds is 6. The van der Waals surface area contributed by atoms with Gasteiger partial charge in [-0.1, -0.05) is 24.3 Å². The van der Waals surface area contributed by atoms with Crippen molar-refractivity contribution < 1.29 is 30.7 Å². The molecule has 10 heteroatoms. The second-order valence-corrected chi connectivity index (χ2v) is 8.30. The number of nitrogens with one attached hydrogen (secondary N) is 1. The summed E-state index contributed by atoms with van der Waals surface area (Å²) in [6, 6.07) is 9.16. The molecule has 1 aliphatic heterocycles. The van der Waals surface area contributed by atoms with Crippen molar-refractivity contribution in [2.24, 2.45) is 0 Å². The average Bonchev–Trinajstić information content (AvgIpc) is 2.68. The van der Waals surface area contributed by atoms with Gasteiger partial charge in [0.25, 0.3) is 0 Å². The Labute approximate surface area is 166 Å². The van der Waals surface area contributed by atoms with E-state index in [9.17, 15) is 26.0 Å². The number of halogens is 4. The van der Waals surface area contributed by atoms with Crippen molar-refractivity contribution in [3.8, 4) is 0 Å². The van der Waals surface area contributed by atoms with Gasteiger partial charge in [0.05, 0.1) is 23.7 Å². The number of ether oxygens (including phenoxy) is 1. The number of morpholine rings is 1. The first-order valence-electron chi connectivity index (χ1n) is 8.91. The molecule has 158 valence electrons. The Kier molecular flexibility index (Phi) is 6.57. The van der Waals surface area contributed by atoms with Gasteiger partial charge >= 0.3 is 6.18 Å². The molecule has 1 heterocycles. The maximum Gasteiger partial charge on any atom is 0.417 e. The van der Waals surface area contributed by atoms with E-state index in [1.165, 1.54) is 24.3 Å². The van der Waals surface area contributed by atoms with Gasteiger partial charge in [-0.2, -0.15) is 13.2 Å². The molecule has 3 rings (SSSR count). The van der Waals surface area contributed by atoms with Crippen LogP contribution in [0.1, 0.15) is 17.2 Å². The Balaban J connectivity index is 1.87. The molecule has 1 unspecified atom stereocenters. The lowest BCUT2D eigenvalue weighted by molar-refractivity contribution is -0.139. The van der Waals surface area contributed by atoms with Gasteiger partial charge in [0.1, 0.15) is 5.82 Å². The summed E-state index contributed by atoms with van der Waals surface area (Å²) in [5.41, 5.74) is -0.708. The second kappa shape index (κ2) is 8.78. The summed E-state index contributed by atoms with van der Waals surface area (Å²) in [4.78, 5) is 1.07. The SMILES string of the molecule is O=S(=O)(NCC(c1cccc(F)c1)N1CCOCC1)c1ccccc1C(F)(F)F. The summed E-state index contributed by atoms with van der Waals surface area (Å²) >= 11 is 0. The summed E-state index contributed by atoms with van der Waals surface area (Å²) < 4.78 is 86.3. The van der Waals surface area contributed by atoms with Crippen LogP contribution in [0.15, 0.2) is 53.4 Å². The van der Waals surface area contributed by atoms with Crippen molar-refractivity contribution in [1.29, 1.82) is 0 Å². The Morgan fingerprint density at radius 2 is 1.76 bits per heavy atom. The van der Waals surface area contributed by atoms with Crippen LogP contribution in [0.5, 0.6) is 0 Å². The lowest BCUT2D eigenvalue weighted by Gasteiger charge is -2.35. The number of nitrogens with zero attached hydrogens (tertiary/aromatic N) is 1. The zero-order valence-corrected chi connectivity index (χ0v) is 16.1. The van der Waals surface area contributed by atoms with Crippen LogP contribution >= 0.6 is 0 Å². The third kappa shape index (κ3) is 5.33. The van der Waals surface area contributed by atoms with Crippen LogP contribution in [0.25, 0.3) is 0 Å². The zero-order valence-electron chi connectivity index (χ0n) is 15.3. The minimum absolute atomic E-state index is 0.210. The van der Waals surface area contributed by atoms with Crippen molar-refractivity contribution in [2.45, 2.75) is 17.1 Å². The molecule has 1 N–H and O–H groups in total. The van der Waals surface area contributed by atoms with Crippen LogP contribution in [0.2, 0.25) is 0 Å². The first-order chi connectivity index (χ1) is 13.7. The van der Waals surface area contributed by atoms with E-state index < -0.39 is 38.5 Å². The topological polar surface area (TPSA) is 58.6 Å². The van der Waals surface area contributed by atoms with Crippen molar-refractivity contribution in [1.82, 2.24) is 9.62 Å². The van der Waals surface area contributed by atoms with Crippen LogP contribution in [0, 0.1) is 5.82 Å². The van der Waals surface area contributed by atoms with Crippen LogP contribution in [-0.2, 0) is 20.9 Å². The second-order valence-electron chi connectivity index (χ2n) is 6.56. The molecule has 2 aromatic carbocycles. The Hall–Kier alpha value is -2.01.